The summed E-state index contributed by atoms with van der Waals surface area (Å²) in [7, 11) is 0. The number of hydrogen-bond acceptors (Lipinski definition) is 5. The number of para-hydroxylation sites is 4. The van der Waals surface area contributed by atoms with E-state index in [2.05, 4.69) is 117 Å². The van der Waals surface area contributed by atoms with Crippen molar-refractivity contribution in [3.63, 3.8) is 0 Å². The molecule has 0 bridgehead atoms. The van der Waals surface area contributed by atoms with Gasteiger partial charge in [-0.25, -0.2) is 4.85 Å². The van der Waals surface area contributed by atoms with E-state index in [-0.39, 0.29) is 6.42 Å². The molecule has 6 heteroatoms. The fraction of sp³-hybridized carbons (Fsp3) is 0.0714. The normalized spacial score (nSPS) is 12.0. The Kier molecular flexibility index (Phi) is 15.1. The largest absolute Gasteiger partial charge is 0.324 e. The molecule has 0 aromatic heterocycles. The van der Waals surface area contributed by atoms with Gasteiger partial charge in [0.05, 0.1) is 19.1 Å². The summed E-state index contributed by atoms with van der Waals surface area (Å²) in [5.74, 6) is 0. The molecule has 0 fully saturated rings. The average molecular weight is 807 g/mol. The van der Waals surface area contributed by atoms with Crippen molar-refractivity contribution >= 4 is 45.5 Å². The first-order valence-electron chi connectivity index (χ1n) is 20.4. The minimum Gasteiger partial charge on any atom is -0.324 e. The third-order valence-electron chi connectivity index (χ3n) is 10.1. The zero-order valence-corrected chi connectivity index (χ0v) is 35.5. The summed E-state index contributed by atoms with van der Waals surface area (Å²) in [4.78, 5) is 12.6. The van der Waals surface area contributed by atoms with E-state index in [1.807, 2.05) is 153 Å². The molecule has 6 rings (SSSR count). The second-order valence-corrected chi connectivity index (χ2v) is 14.2. The third kappa shape index (κ3) is 10.5. The topological polar surface area (TPSA) is 41.1 Å². The number of hydrogen-bond donors (Lipinski definition) is 0. The van der Waals surface area contributed by atoms with E-state index in [0.717, 1.165) is 56.9 Å². The van der Waals surface area contributed by atoms with Crippen LogP contribution in [0, 0.1) is 17.9 Å². The zero-order chi connectivity index (χ0) is 43.7. The van der Waals surface area contributed by atoms with E-state index in [1.54, 1.807) is 6.08 Å². The molecule has 0 spiro atoms. The maximum atomic E-state index is 10.3. The van der Waals surface area contributed by atoms with Crippen molar-refractivity contribution in [2.45, 2.75) is 27.2 Å². The van der Waals surface area contributed by atoms with Gasteiger partial charge in [0.25, 0.3) is 0 Å². The molecule has 6 aromatic rings. The standard InChI is InChI=1S/C56H50N6/c1-7-9-23-44(3)59(47-25-15-11-16-26-47)51-33-37-53(38-34-51)61(49-29-19-13-20-30-49)46(5)56(58-6)43-55(41-42-57)62(50-31-21-14-22-32-50)54-39-35-52(36-40-54)60(45(4)24-10-8-2)48-27-17-12-18-28-48/h7-40,43H,1,3,41H2,2,4-5H3/b10-8-,23-9-,45-24+,55-43+,56-46-. The Labute approximate surface area is 367 Å². The van der Waals surface area contributed by atoms with Gasteiger partial charge in [-0.2, -0.15) is 5.26 Å². The van der Waals surface area contributed by atoms with Gasteiger partial charge in [0.1, 0.15) is 0 Å². The van der Waals surface area contributed by atoms with E-state index >= 15 is 0 Å². The van der Waals surface area contributed by atoms with Gasteiger partial charge in [-0.15, -0.1) is 0 Å². The van der Waals surface area contributed by atoms with Crippen LogP contribution in [0.1, 0.15) is 27.2 Å². The second kappa shape index (κ2) is 21.6. The monoisotopic (exact) mass is 806 g/mol. The summed E-state index contributed by atoms with van der Waals surface area (Å²) in [5.41, 5.74) is 11.0. The van der Waals surface area contributed by atoms with Crippen molar-refractivity contribution in [2.24, 2.45) is 0 Å². The number of anilines is 8. The first-order valence-corrected chi connectivity index (χ1v) is 20.4. The van der Waals surface area contributed by atoms with Crippen LogP contribution in [0.4, 0.5) is 45.5 Å². The molecule has 0 aliphatic rings. The number of rotatable bonds is 17. The van der Waals surface area contributed by atoms with Crippen LogP contribution in [0.25, 0.3) is 4.85 Å². The molecular weight excluding hydrogens is 757 g/mol. The van der Waals surface area contributed by atoms with E-state index in [4.69, 9.17) is 6.57 Å². The number of benzene rings is 6. The zero-order valence-electron chi connectivity index (χ0n) is 35.5. The van der Waals surface area contributed by atoms with Gasteiger partial charge in [-0.05, 0) is 136 Å². The highest BCUT2D eigenvalue weighted by molar-refractivity contribution is 5.77. The van der Waals surface area contributed by atoms with Crippen LogP contribution in [0.15, 0.2) is 254 Å². The Bertz CT molecular complexity index is 2660. The summed E-state index contributed by atoms with van der Waals surface area (Å²) < 4.78 is 0. The smallest absolute Gasteiger partial charge is 0.208 e. The second-order valence-electron chi connectivity index (χ2n) is 14.2. The molecule has 0 heterocycles. The van der Waals surface area contributed by atoms with Crippen molar-refractivity contribution in [3.8, 4) is 6.07 Å². The summed E-state index contributed by atoms with van der Waals surface area (Å²) in [5, 5.41) is 10.3. The molecule has 0 saturated heterocycles. The average Bonchev–Trinajstić information content (AvgIpc) is 3.32. The van der Waals surface area contributed by atoms with Gasteiger partial charge in [0, 0.05) is 68.3 Å². The van der Waals surface area contributed by atoms with Crippen LogP contribution in [-0.2, 0) is 0 Å². The number of allylic oxidation sites excluding steroid dienone is 10. The van der Waals surface area contributed by atoms with Crippen molar-refractivity contribution in [1.82, 2.24) is 0 Å². The van der Waals surface area contributed by atoms with E-state index < -0.39 is 0 Å². The SMILES string of the molecule is [C-]#[N+]C(/C=C(\CC#N)N(c1ccccc1)c1ccc(N(/C(C)=C/C=C\C)c2ccccc2)cc1)=C(/C)N(c1ccccc1)c1ccc(N(C(=C)/C=C\C=C)c2ccccc2)cc1. The van der Waals surface area contributed by atoms with Crippen LogP contribution in [0.2, 0.25) is 0 Å². The predicted molar refractivity (Wildman–Crippen MR) is 262 cm³/mol. The highest BCUT2D eigenvalue weighted by Gasteiger charge is 2.21. The quantitative estimate of drug-likeness (QED) is 0.0678. The Morgan fingerprint density at radius 3 is 1.40 bits per heavy atom. The van der Waals surface area contributed by atoms with Gasteiger partial charge >= 0.3 is 0 Å². The predicted octanol–water partition coefficient (Wildman–Crippen LogP) is 15.6. The molecule has 62 heavy (non-hydrogen) atoms. The molecule has 6 aromatic carbocycles. The van der Waals surface area contributed by atoms with Crippen molar-refractivity contribution in [2.75, 3.05) is 19.6 Å². The van der Waals surface area contributed by atoms with Gasteiger partial charge in [-0.3, -0.25) is 0 Å². The van der Waals surface area contributed by atoms with Crippen LogP contribution >= 0.6 is 0 Å². The van der Waals surface area contributed by atoms with Crippen molar-refractivity contribution < 1.29 is 0 Å². The molecule has 0 saturated carbocycles. The summed E-state index contributed by atoms with van der Waals surface area (Å²) in [6, 6.07) is 59.3. The van der Waals surface area contributed by atoms with Crippen LogP contribution < -0.4 is 19.6 Å². The lowest BCUT2D eigenvalue weighted by atomic mass is 10.1. The molecule has 0 atom stereocenters. The Hall–Kier alpha value is -8.32. The molecule has 6 nitrogen and oxygen atoms in total. The van der Waals surface area contributed by atoms with Gasteiger partial charge in [0.2, 0.25) is 5.70 Å². The minimum atomic E-state index is 0.0594. The summed E-state index contributed by atoms with van der Waals surface area (Å²) in [6.45, 7) is 22.8. The fourth-order valence-electron chi connectivity index (χ4n) is 7.19. The van der Waals surface area contributed by atoms with Crippen LogP contribution in [0.5, 0.6) is 0 Å². The van der Waals surface area contributed by atoms with E-state index in [0.29, 0.717) is 17.1 Å². The third-order valence-corrected chi connectivity index (χ3v) is 10.1. The highest BCUT2D eigenvalue weighted by Crippen LogP contribution is 2.39. The first-order chi connectivity index (χ1) is 30.4. The maximum Gasteiger partial charge on any atom is 0.208 e. The van der Waals surface area contributed by atoms with Crippen molar-refractivity contribution in [3.05, 3.63) is 265 Å². The van der Waals surface area contributed by atoms with E-state index in [9.17, 15) is 5.26 Å². The molecule has 0 amide bonds. The van der Waals surface area contributed by atoms with Gasteiger partial charge < -0.3 is 19.6 Å². The molecule has 0 N–H and O–H groups in total. The Morgan fingerprint density at radius 1 is 0.581 bits per heavy atom. The van der Waals surface area contributed by atoms with Crippen molar-refractivity contribution in [1.29, 1.82) is 5.26 Å². The van der Waals surface area contributed by atoms with E-state index in [1.165, 1.54) is 0 Å². The Morgan fingerprint density at radius 2 is 0.968 bits per heavy atom. The lowest BCUT2D eigenvalue weighted by Gasteiger charge is -2.30. The summed E-state index contributed by atoms with van der Waals surface area (Å²) >= 11 is 0. The highest BCUT2D eigenvalue weighted by atomic mass is 15.2. The molecule has 0 aliphatic carbocycles. The summed E-state index contributed by atoms with van der Waals surface area (Å²) in [6.07, 6.45) is 13.6. The lowest BCUT2D eigenvalue weighted by Crippen LogP contribution is -2.19. The molecule has 304 valence electrons. The molecule has 0 unspecified atom stereocenters. The van der Waals surface area contributed by atoms with Gasteiger partial charge in [0.15, 0.2) is 0 Å². The minimum absolute atomic E-state index is 0.0594. The lowest BCUT2D eigenvalue weighted by molar-refractivity contribution is 1.07. The van der Waals surface area contributed by atoms with Crippen LogP contribution in [0.3, 0.4) is 0 Å². The maximum absolute atomic E-state index is 10.3. The number of nitriles is 1. The molecule has 0 radical (unpaired) electrons. The Balaban J connectivity index is 1.45. The number of nitrogens with zero attached hydrogens (tertiary/aromatic N) is 6. The van der Waals surface area contributed by atoms with Gasteiger partial charge in [-0.1, -0.05) is 110 Å². The molecular formula is C56H50N6. The first kappa shape index (κ1) is 43.3. The fourth-order valence-corrected chi connectivity index (χ4v) is 7.19. The van der Waals surface area contributed by atoms with Crippen LogP contribution in [-0.4, -0.2) is 0 Å². The molecule has 0 aliphatic heterocycles.